The highest BCUT2D eigenvalue weighted by molar-refractivity contribution is 7.02. The van der Waals surface area contributed by atoms with E-state index in [1.54, 1.807) is 0 Å². The Balaban J connectivity index is 0.978. The molecule has 4 heterocycles. The largest absolute Gasteiger partial charge is 0.311 e. The second kappa shape index (κ2) is 20.7. The van der Waals surface area contributed by atoms with Crippen molar-refractivity contribution in [2.75, 3.05) is 19.6 Å². The van der Waals surface area contributed by atoms with Crippen molar-refractivity contribution >= 4 is 147 Å². The Morgan fingerprint density at radius 2 is 0.521 bits per heavy atom. The summed E-state index contributed by atoms with van der Waals surface area (Å²) in [6, 6.07) is 127. The Morgan fingerprint density at radius 3 is 0.872 bits per heavy atom. The van der Waals surface area contributed by atoms with Gasteiger partial charge >= 0.3 is 0 Å². The molecule has 6 heteroatoms. The maximum Gasteiger partial charge on any atom is 0.248 e. The molecule has 434 valence electrons. The number of hydrogen-bond donors (Lipinski definition) is 0. The maximum atomic E-state index is 2.66. The Bertz CT molecular complexity index is 5250. The summed E-state index contributed by atoms with van der Waals surface area (Å²) in [6.45, 7) is -0.229. The smallest absolute Gasteiger partial charge is 0.248 e. The quantitative estimate of drug-likeness (QED) is 0.0999. The Hall–Kier alpha value is -12.1. The van der Waals surface area contributed by atoms with E-state index < -0.39 is 0 Å². The lowest BCUT2D eigenvalue weighted by Gasteiger charge is -2.43. The molecular formula is C88H56B2N4. The zero-order chi connectivity index (χ0) is 61.5. The minimum atomic E-state index is -0.114. The monoisotopic (exact) mass is 1190 g/mol. The lowest BCUT2D eigenvalue weighted by Crippen LogP contribution is -2.60. The number of para-hydroxylation sites is 8. The van der Waals surface area contributed by atoms with E-state index in [9.17, 15) is 0 Å². The summed E-state index contributed by atoms with van der Waals surface area (Å²) < 4.78 is 0. The highest BCUT2D eigenvalue weighted by atomic mass is 15.2. The summed E-state index contributed by atoms with van der Waals surface area (Å²) in [5.74, 6) is 0. The Labute approximate surface area is 547 Å². The van der Waals surface area contributed by atoms with Gasteiger partial charge in [-0.05, 0) is 220 Å². The van der Waals surface area contributed by atoms with Gasteiger partial charge in [0.05, 0.1) is 0 Å². The van der Waals surface area contributed by atoms with Gasteiger partial charge in [-0.3, -0.25) is 0 Å². The molecule has 0 amide bonds. The average molecular weight is 1190 g/mol. The first-order valence-electron chi connectivity index (χ1n) is 32.7. The summed E-state index contributed by atoms with van der Waals surface area (Å²) in [5.41, 5.74) is 31.2. The van der Waals surface area contributed by atoms with Gasteiger partial charge in [0, 0.05) is 68.2 Å². The van der Waals surface area contributed by atoms with Crippen molar-refractivity contribution < 1.29 is 0 Å². The molecular weight excluding hydrogens is 1130 g/mol. The molecule has 0 aliphatic carbocycles. The van der Waals surface area contributed by atoms with Crippen LogP contribution in [-0.2, 0) is 0 Å². The molecule has 4 aliphatic heterocycles. The van der Waals surface area contributed by atoms with E-state index >= 15 is 0 Å². The molecule has 0 saturated carbocycles. The van der Waals surface area contributed by atoms with Crippen molar-refractivity contribution in [3.05, 3.63) is 340 Å². The molecule has 0 aromatic heterocycles. The van der Waals surface area contributed by atoms with Crippen LogP contribution < -0.4 is 52.4 Å². The van der Waals surface area contributed by atoms with E-state index in [-0.39, 0.29) is 13.4 Å². The summed E-state index contributed by atoms with van der Waals surface area (Å²) >= 11 is 0. The van der Waals surface area contributed by atoms with E-state index in [0.29, 0.717) is 0 Å². The SMILES string of the molecule is c1ccc(-c2cc3c4c(cc5c(-c6ccccc6)cc6c7c(cc2c4c57)B2c4ccccc4N(c4ccccc4)c4cc(N(c5ccccc5)c5ccccc5)cc-6c42)B2c4ccccc4N(c4ccccc4)c4cc(N(c5ccccc5)c5ccccc5)cc-3c42)cc1. The van der Waals surface area contributed by atoms with Crippen LogP contribution in [0.3, 0.4) is 0 Å². The van der Waals surface area contributed by atoms with Crippen LogP contribution in [0.2, 0.25) is 0 Å². The van der Waals surface area contributed by atoms with Crippen LogP contribution in [0.25, 0.3) is 76.8 Å². The molecule has 0 N–H and O–H groups in total. The van der Waals surface area contributed by atoms with Crippen molar-refractivity contribution in [3.8, 4) is 44.5 Å². The topological polar surface area (TPSA) is 13.0 Å². The summed E-state index contributed by atoms with van der Waals surface area (Å²) in [5, 5.41) is 7.80. The van der Waals surface area contributed by atoms with Gasteiger partial charge in [-0.2, -0.15) is 0 Å². The normalized spacial score (nSPS) is 12.8. The van der Waals surface area contributed by atoms with Crippen molar-refractivity contribution in [1.29, 1.82) is 0 Å². The summed E-state index contributed by atoms with van der Waals surface area (Å²) in [4.78, 5) is 9.99. The fourth-order valence-electron chi connectivity index (χ4n) is 16.8. The van der Waals surface area contributed by atoms with Crippen LogP contribution in [0.15, 0.2) is 340 Å². The van der Waals surface area contributed by atoms with Gasteiger partial charge in [0.2, 0.25) is 13.4 Å². The van der Waals surface area contributed by atoms with Crippen LogP contribution in [0.1, 0.15) is 0 Å². The first-order chi connectivity index (χ1) is 46.7. The predicted octanol–water partition coefficient (Wildman–Crippen LogP) is 19.4. The molecule has 0 fully saturated rings. The van der Waals surface area contributed by atoms with Gasteiger partial charge in [-0.25, -0.2) is 0 Å². The van der Waals surface area contributed by atoms with Crippen LogP contribution in [-0.4, -0.2) is 13.4 Å². The number of anilines is 12. The molecule has 16 aromatic rings. The number of hydrogen-bond acceptors (Lipinski definition) is 4. The molecule has 0 saturated heterocycles. The number of fused-ring (bicyclic) bond motifs is 8. The van der Waals surface area contributed by atoms with Gasteiger partial charge in [0.1, 0.15) is 0 Å². The van der Waals surface area contributed by atoms with E-state index in [1.807, 2.05) is 0 Å². The fraction of sp³-hybridized carbons (Fsp3) is 0. The average Bonchev–Trinajstić information content (AvgIpc) is 0.792. The zero-order valence-corrected chi connectivity index (χ0v) is 51.3. The van der Waals surface area contributed by atoms with Crippen LogP contribution in [0.4, 0.5) is 68.2 Å². The van der Waals surface area contributed by atoms with Crippen molar-refractivity contribution in [1.82, 2.24) is 0 Å². The van der Waals surface area contributed by atoms with Crippen molar-refractivity contribution in [2.45, 2.75) is 0 Å². The van der Waals surface area contributed by atoms with Gasteiger partial charge < -0.3 is 19.6 Å². The van der Waals surface area contributed by atoms with E-state index in [1.165, 1.54) is 132 Å². The molecule has 0 spiro atoms. The molecule has 16 aromatic carbocycles. The van der Waals surface area contributed by atoms with Gasteiger partial charge in [0.15, 0.2) is 0 Å². The predicted molar refractivity (Wildman–Crippen MR) is 400 cm³/mol. The highest BCUT2D eigenvalue weighted by Gasteiger charge is 2.46. The van der Waals surface area contributed by atoms with Gasteiger partial charge in [0.25, 0.3) is 0 Å². The van der Waals surface area contributed by atoms with E-state index in [0.717, 1.165) is 45.5 Å². The second-order valence-electron chi connectivity index (χ2n) is 25.4. The third-order valence-electron chi connectivity index (χ3n) is 20.5. The maximum absolute atomic E-state index is 2.66. The molecule has 4 aliphatic rings. The van der Waals surface area contributed by atoms with Gasteiger partial charge in [-0.15, -0.1) is 0 Å². The minimum Gasteiger partial charge on any atom is -0.311 e. The molecule has 0 radical (unpaired) electrons. The van der Waals surface area contributed by atoms with Crippen molar-refractivity contribution in [2.24, 2.45) is 0 Å². The standard InChI is InChI=1S/C88H56B2N4/c1-9-29-57(30-10-1)67-53-69-73-49-65(91(59-33-13-3-14-34-59)60-35-15-4-16-36-60)51-81-87(73)90(76-46-26-28-48-80(76)93(81)63-41-21-7-22-42-63)78-56-72-68(58-31-11-2-12-32-58)54-70-74-50-66(92(61-37-17-5-18-38-61)62-39-19-6-20-40-62)52-82-88(74)89(77-55-71(67)85(83(69)78)86(72)84(70)77)75-45-25-27-47-79(75)94(82)64-43-23-8-24-44-64/h1-56H. The minimum absolute atomic E-state index is 0.114. The second-order valence-corrected chi connectivity index (χ2v) is 25.4. The number of rotatable bonds is 10. The lowest BCUT2D eigenvalue weighted by molar-refractivity contribution is 1.25. The summed E-state index contributed by atoms with van der Waals surface area (Å²) in [7, 11) is 0. The Kier molecular flexibility index (Phi) is 11.6. The lowest BCUT2D eigenvalue weighted by atomic mass is 9.31. The van der Waals surface area contributed by atoms with E-state index in [2.05, 4.69) is 359 Å². The number of nitrogens with zero attached hydrogens (tertiary/aromatic N) is 4. The summed E-state index contributed by atoms with van der Waals surface area (Å²) in [6.07, 6.45) is 0. The molecule has 94 heavy (non-hydrogen) atoms. The molecule has 0 atom stereocenters. The first kappa shape index (κ1) is 52.6. The number of benzene rings is 16. The van der Waals surface area contributed by atoms with E-state index in [4.69, 9.17) is 0 Å². The first-order valence-corrected chi connectivity index (χ1v) is 32.7. The third-order valence-corrected chi connectivity index (χ3v) is 20.5. The fourth-order valence-corrected chi connectivity index (χ4v) is 16.8. The molecule has 0 unspecified atom stereocenters. The van der Waals surface area contributed by atoms with Gasteiger partial charge in [-0.1, -0.05) is 229 Å². The third kappa shape index (κ3) is 7.71. The molecule has 0 bridgehead atoms. The van der Waals surface area contributed by atoms with Crippen molar-refractivity contribution in [3.63, 3.8) is 0 Å². The van der Waals surface area contributed by atoms with Crippen LogP contribution in [0, 0.1) is 0 Å². The highest BCUT2D eigenvalue weighted by Crippen LogP contribution is 2.54. The molecule has 4 nitrogen and oxygen atoms in total. The van der Waals surface area contributed by atoms with Crippen LogP contribution in [0.5, 0.6) is 0 Å². The zero-order valence-electron chi connectivity index (χ0n) is 51.3. The van der Waals surface area contributed by atoms with Crippen LogP contribution >= 0.6 is 0 Å². The Morgan fingerprint density at radius 1 is 0.213 bits per heavy atom. The molecule has 20 rings (SSSR count).